The second-order valence-corrected chi connectivity index (χ2v) is 5.82. The number of hydrogen-bond donors (Lipinski definition) is 1. The third kappa shape index (κ3) is 2.93. The van der Waals surface area contributed by atoms with E-state index in [1.165, 1.54) is 0 Å². The minimum atomic E-state index is -0.454. The quantitative estimate of drug-likeness (QED) is 0.894. The number of benzene rings is 1. The Balaban J connectivity index is 0.00000147. The van der Waals surface area contributed by atoms with E-state index < -0.39 is 5.54 Å². The molecule has 0 bridgehead atoms. The Labute approximate surface area is 133 Å². The number of rotatable bonds is 2. The third-order valence-electron chi connectivity index (χ3n) is 3.48. The molecule has 0 radical (unpaired) electrons. The molecule has 20 heavy (non-hydrogen) atoms. The summed E-state index contributed by atoms with van der Waals surface area (Å²) in [6, 6.07) is 5.14. The summed E-state index contributed by atoms with van der Waals surface area (Å²) >= 11 is 11.9. The molecule has 0 aliphatic heterocycles. The van der Waals surface area contributed by atoms with Crippen LogP contribution >= 0.6 is 35.6 Å². The molecule has 1 saturated carbocycles. The highest BCUT2D eigenvalue weighted by molar-refractivity contribution is 6.35. The Morgan fingerprint density at radius 1 is 1.10 bits per heavy atom. The van der Waals surface area contributed by atoms with Gasteiger partial charge < -0.3 is 10.3 Å². The topological polar surface area (TPSA) is 64.9 Å². The van der Waals surface area contributed by atoms with Crippen LogP contribution in [-0.4, -0.2) is 10.1 Å². The Morgan fingerprint density at radius 2 is 1.70 bits per heavy atom. The summed E-state index contributed by atoms with van der Waals surface area (Å²) in [5.41, 5.74) is 6.55. The average Bonchev–Trinajstić information content (AvgIpc) is 2.96. The van der Waals surface area contributed by atoms with E-state index in [1.54, 1.807) is 18.2 Å². The molecular formula is C13H14Cl3N3O. The highest BCUT2D eigenvalue weighted by atomic mass is 35.5. The molecule has 1 aromatic heterocycles. The lowest BCUT2D eigenvalue weighted by Gasteiger charge is -2.17. The van der Waals surface area contributed by atoms with E-state index in [2.05, 4.69) is 10.1 Å². The van der Waals surface area contributed by atoms with Gasteiger partial charge in [-0.25, -0.2) is 0 Å². The van der Waals surface area contributed by atoms with Crippen molar-refractivity contribution in [2.24, 2.45) is 5.73 Å². The highest BCUT2D eigenvalue weighted by Crippen LogP contribution is 2.35. The Bertz CT molecular complexity index is 588. The molecule has 0 amide bonds. The third-order valence-corrected chi connectivity index (χ3v) is 3.91. The summed E-state index contributed by atoms with van der Waals surface area (Å²) in [6.45, 7) is 0. The van der Waals surface area contributed by atoms with Crippen molar-refractivity contribution in [2.45, 2.75) is 31.2 Å². The minimum absolute atomic E-state index is 0. The van der Waals surface area contributed by atoms with Gasteiger partial charge in [0.2, 0.25) is 0 Å². The lowest BCUT2D eigenvalue weighted by atomic mass is 9.99. The summed E-state index contributed by atoms with van der Waals surface area (Å²) in [5, 5.41) is 5.07. The largest absolute Gasteiger partial charge is 0.334 e. The number of nitrogens with zero attached hydrogens (tertiary/aromatic N) is 2. The van der Waals surface area contributed by atoms with Gasteiger partial charge in [-0.15, -0.1) is 12.4 Å². The first-order valence-electron chi connectivity index (χ1n) is 6.16. The normalized spacial score (nSPS) is 16.9. The second-order valence-electron chi connectivity index (χ2n) is 4.94. The van der Waals surface area contributed by atoms with Crippen LogP contribution in [-0.2, 0) is 5.54 Å². The van der Waals surface area contributed by atoms with Gasteiger partial charge in [0.15, 0.2) is 5.82 Å². The molecule has 1 aliphatic carbocycles. The SMILES string of the molecule is Cl.NC1(c2noc(-c3cc(Cl)cc(Cl)c3)n2)CCCC1. The monoisotopic (exact) mass is 333 g/mol. The van der Waals surface area contributed by atoms with E-state index in [0.29, 0.717) is 27.3 Å². The van der Waals surface area contributed by atoms with E-state index in [1.807, 2.05) is 0 Å². The maximum absolute atomic E-state index is 6.29. The zero-order valence-corrected chi connectivity index (χ0v) is 12.9. The molecule has 3 rings (SSSR count). The predicted octanol–water partition coefficient (Wildman–Crippen LogP) is 4.19. The van der Waals surface area contributed by atoms with Gasteiger partial charge in [-0.3, -0.25) is 0 Å². The number of aromatic nitrogens is 2. The fourth-order valence-corrected chi connectivity index (χ4v) is 2.98. The maximum atomic E-state index is 6.29. The van der Waals surface area contributed by atoms with Crippen molar-refractivity contribution < 1.29 is 4.52 Å². The molecule has 7 heteroatoms. The average molecular weight is 335 g/mol. The standard InChI is InChI=1S/C13H13Cl2N3O.ClH/c14-9-5-8(6-10(15)7-9)11-17-12(18-19-11)13(16)3-1-2-4-13;/h5-7H,1-4,16H2;1H. The zero-order valence-electron chi connectivity index (χ0n) is 10.6. The van der Waals surface area contributed by atoms with Crippen molar-refractivity contribution in [3.05, 3.63) is 34.1 Å². The van der Waals surface area contributed by atoms with Crippen LogP contribution in [0.3, 0.4) is 0 Å². The molecule has 1 aliphatic rings. The molecule has 108 valence electrons. The van der Waals surface area contributed by atoms with E-state index >= 15 is 0 Å². The van der Waals surface area contributed by atoms with Crippen molar-refractivity contribution in [3.8, 4) is 11.5 Å². The second kappa shape index (κ2) is 5.90. The fourth-order valence-electron chi connectivity index (χ4n) is 2.45. The van der Waals surface area contributed by atoms with Crippen molar-refractivity contribution in [1.82, 2.24) is 10.1 Å². The minimum Gasteiger partial charge on any atom is -0.334 e. The van der Waals surface area contributed by atoms with Crippen LogP contribution in [0.4, 0.5) is 0 Å². The van der Waals surface area contributed by atoms with E-state index in [0.717, 1.165) is 25.7 Å². The highest BCUT2D eigenvalue weighted by Gasteiger charge is 2.36. The van der Waals surface area contributed by atoms with E-state index in [9.17, 15) is 0 Å². The van der Waals surface area contributed by atoms with Gasteiger partial charge >= 0.3 is 0 Å². The molecule has 0 spiro atoms. The summed E-state index contributed by atoms with van der Waals surface area (Å²) < 4.78 is 5.28. The van der Waals surface area contributed by atoms with Crippen LogP contribution < -0.4 is 5.73 Å². The smallest absolute Gasteiger partial charge is 0.258 e. The summed E-state index contributed by atoms with van der Waals surface area (Å²) in [7, 11) is 0. The predicted molar refractivity (Wildman–Crippen MR) is 81.3 cm³/mol. The first kappa shape index (κ1) is 15.6. The van der Waals surface area contributed by atoms with Gasteiger partial charge in [0, 0.05) is 15.6 Å². The summed E-state index contributed by atoms with van der Waals surface area (Å²) in [6.07, 6.45) is 3.98. The van der Waals surface area contributed by atoms with Crippen molar-refractivity contribution in [3.63, 3.8) is 0 Å². The Morgan fingerprint density at radius 3 is 2.30 bits per heavy atom. The molecular weight excluding hydrogens is 321 g/mol. The van der Waals surface area contributed by atoms with Gasteiger partial charge in [0.05, 0.1) is 5.54 Å². The first-order valence-corrected chi connectivity index (χ1v) is 6.92. The maximum Gasteiger partial charge on any atom is 0.258 e. The zero-order chi connectivity index (χ0) is 13.5. The van der Waals surface area contributed by atoms with Gasteiger partial charge in [-0.05, 0) is 31.0 Å². The van der Waals surface area contributed by atoms with Crippen LogP contribution in [0.1, 0.15) is 31.5 Å². The lowest BCUT2D eigenvalue weighted by Crippen LogP contribution is -2.34. The van der Waals surface area contributed by atoms with Crippen molar-refractivity contribution >= 4 is 35.6 Å². The van der Waals surface area contributed by atoms with Crippen LogP contribution in [0.25, 0.3) is 11.5 Å². The fraction of sp³-hybridized carbons (Fsp3) is 0.385. The first-order chi connectivity index (χ1) is 9.07. The molecule has 4 nitrogen and oxygen atoms in total. The summed E-state index contributed by atoms with van der Waals surface area (Å²) in [4.78, 5) is 4.40. The summed E-state index contributed by atoms with van der Waals surface area (Å²) in [5.74, 6) is 0.965. The number of hydrogen-bond acceptors (Lipinski definition) is 4. The molecule has 2 aromatic rings. The molecule has 2 N–H and O–H groups in total. The molecule has 1 fully saturated rings. The number of halogens is 3. The Hall–Kier alpha value is -0.810. The molecule has 0 unspecified atom stereocenters. The van der Waals surface area contributed by atoms with Crippen LogP contribution in [0.2, 0.25) is 10.0 Å². The molecule has 0 saturated heterocycles. The molecule has 1 heterocycles. The van der Waals surface area contributed by atoms with Gasteiger partial charge in [-0.2, -0.15) is 4.98 Å². The van der Waals surface area contributed by atoms with Crippen molar-refractivity contribution in [1.29, 1.82) is 0 Å². The van der Waals surface area contributed by atoms with Gasteiger partial charge in [0.1, 0.15) is 0 Å². The van der Waals surface area contributed by atoms with E-state index in [4.69, 9.17) is 33.5 Å². The lowest BCUT2D eigenvalue weighted by molar-refractivity contribution is 0.372. The van der Waals surface area contributed by atoms with Crippen LogP contribution in [0.15, 0.2) is 22.7 Å². The number of nitrogens with two attached hydrogens (primary N) is 1. The Kier molecular flexibility index (Phi) is 4.59. The van der Waals surface area contributed by atoms with Gasteiger partial charge in [0.25, 0.3) is 5.89 Å². The molecule has 0 atom stereocenters. The van der Waals surface area contributed by atoms with E-state index in [-0.39, 0.29) is 12.4 Å². The molecule has 1 aromatic carbocycles. The van der Waals surface area contributed by atoms with Crippen LogP contribution in [0.5, 0.6) is 0 Å². The van der Waals surface area contributed by atoms with Gasteiger partial charge in [-0.1, -0.05) is 41.2 Å². The van der Waals surface area contributed by atoms with Crippen molar-refractivity contribution in [2.75, 3.05) is 0 Å². The van der Waals surface area contributed by atoms with Crippen LogP contribution in [0, 0.1) is 0 Å².